The van der Waals surface area contributed by atoms with Crippen molar-refractivity contribution < 1.29 is 13.2 Å². The molecule has 3 heterocycles. The molecule has 1 saturated heterocycles. The number of halogens is 1. The fraction of sp³-hybridized carbons (Fsp3) is 0.409. The highest BCUT2D eigenvalue weighted by atomic mass is 35.5. The number of carbonyl (C=O) groups excluding carboxylic acids is 1. The zero-order valence-electron chi connectivity index (χ0n) is 18.8. The minimum atomic E-state index is -3.42. The molecule has 12 heteroatoms. The van der Waals surface area contributed by atoms with Crippen LogP contribution in [-0.4, -0.2) is 60.7 Å². The van der Waals surface area contributed by atoms with Crippen LogP contribution in [0.15, 0.2) is 42.9 Å². The Morgan fingerprint density at radius 3 is 2.62 bits per heavy atom. The Morgan fingerprint density at radius 1 is 1.24 bits per heavy atom. The third-order valence-electron chi connectivity index (χ3n) is 6.06. The van der Waals surface area contributed by atoms with E-state index in [1.54, 1.807) is 24.3 Å². The van der Waals surface area contributed by atoms with Crippen LogP contribution < -0.4 is 20.7 Å². The second-order valence-electron chi connectivity index (χ2n) is 8.76. The normalized spacial score (nSPS) is 17.0. The Labute approximate surface area is 203 Å². The van der Waals surface area contributed by atoms with Crippen LogP contribution in [-0.2, 0) is 14.8 Å². The number of rotatable bonds is 8. The molecule has 0 saturated carbocycles. The third-order valence-corrected chi connectivity index (χ3v) is 7.00. The zero-order valence-corrected chi connectivity index (χ0v) is 20.4. The molecule has 1 aliphatic heterocycles. The van der Waals surface area contributed by atoms with Crippen molar-refractivity contribution >= 4 is 44.4 Å². The van der Waals surface area contributed by atoms with E-state index in [1.165, 1.54) is 6.33 Å². The molecular formula is C22H28ClN7O3S. The summed E-state index contributed by atoms with van der Waals surface area (Å²) in [5.74, 6) is 0.619. The lowest BCUT2D eigenvalue weighted by Gasteiger charge is -2.39. The second kappa shape index (κ2) is 9.87. The first-order valence-corrected chi connectivity index (χ1v) is 13.2. The number of hydrogen-bond acceptors (Lipinski definition) is 7. The zero-order chi connectivity index (χ0) is 24.3. The van der Waals surface area contributed by atoms with E-state index in [4.69, 9.17) is 17.3 Å². The molecule has 34 heavy (non-hydrogen) atoms. The van der Waals surface area contributed by atoms with Gasteiger partial charge in [-0.1, -0.05) is 23.7 Å². The number of fused-ring (bicyclic) bond motifs is 1. The summed E-state index contributed by atoms with van der Waals surface area (Å²) < 4.78 is 25.7. The van der Waals surface area contributed by atoms with Gasteiger partial charge in [-0.2, -0.15) is 0 Å². The van der Waals surface area contributed by atoms with E-state index in [1.807, 2.05) is 12.3 Å². The van der Waals surface area contributed by atoms with E-state index in [0.29, 0.717) is 31.0 Å². The van der Waals surface area contributed by atoms with E-state index in [9.17, 15) is 13.2 Å². The first-order valence-electron chi connectivity index (χ1n) is 10.9. The summed E-state index contributed by atoms with van der Waals surface area (Å²) in [6.45, 7) is 1.35. The van der Waals surface area contributed by atoms with Crippen molar-refractivity contribution in [2.75, 3.05) is 30.8 Å². The summed E-state index contributed by atoms with van der Waals surface area (Å²) >= 11 is 5.97. The van der Waals surface area contributed by atoms with Crippen molar-refractivity contribution in [1.29, 1.82) is 0 Å². The van der Waals surface area contributed by atoms with Gasteiger partial charge in [0.05, 0.1) is 17.7 Å². The van der Waals surface area contributed by atoms with Crippen LogP contribution in [0, 0.1) is 0 Å². The molecule has 0 radical (unpaired) electrons. The van der Waals surface area contributed by atoms with Gasteiger partial charge >= 0.3 is 0 Å². The van der Waals surface area contributed by atoms with Gasteiger partial charge in [0.25, 0.3) is 0 Å². The van der Waals surface area contributed by atoms with Crippen molar-refractivity contribution in [1.82, 2.24) is 25.0 Å². The van der Waals surface area contributed by atoms with Crippen LogP contribution in [0.1, 0.15) is 30.9 Å². The fourth-order valence-electron chi connectivity index (χ4n) is 4.20. The predicted molar refractivity (Wildman–Crippen MR) is 132 cm³/mol. The van der Waals surface area contributed by atoms with Gasteiger partial charge in [0.1, 0.15) is 17.8 Å². The summed E-state index contributed by atoms with van der Waals surface area (Å²) in [5, 5.41) is 4.44. The second-order valence-corrected chi connectivity index (χ2v) is 11.0. The number of nitrogens with two attached hydrogens (primary N) is 1. The van der Waals surface area contributed by atoms with Gasteiger partial charge in [-0.3, -0.25) is 4.79 Å². The Hall–Kier alpha value is -2.73. The summed E-state index contributed by atoms with van der Waals surface area (Å²) in [6.07, 6.45) is 5.81. The average molecular weight is 506 g/mol. The molecule has 182 valence electrons. The lowest BCUT2D eigenvalue weighted by molar-refractivity contribution is -0.123. The molecule has 2 aromatic heterocycles. The van der Waals surface area contributed by atoms with Crippen LogP contribution in [0.3, 0.4) is 0 Å². The van der Waals surface area contributed by atoms with E-state index in [-0.39, 0.29) is 18.9 Å². The van der Waals surface area contributed by atoms with Gasteiger partial charge in [-0.05, 0) is 36.6 Å². The van der Waals surface area contributed by atoms with E-state index < -0.39 is 21.6 Å². The number of nitrogens with one attached hydrogen (secondary N) is 3. The van der Waals surface area contributed by atoms with Crippen LogP contribution in [0.25, 0.3) is 11.0 Å². The van der Waals surface area contributed by atoms with Crippen molar-refractivity contribution in [2.45, 2.75) is 30.8 Å². The largest absolute Gasteiger partial charge is 0.356 e. The third kappa shape index (κ3) is 6.03. The van der Waals surface area contributed by atoms with Crippen molar-refractivity contribution in [3.8, 4) is 0 Å². The number of carbonyl (C=O) groups is 1. The predicted octanol–water partition coefficient (Wildman–Crippen LogP) is 1.71. The standard InChI is InChI=1S/C22H28ClN7O3S/c1-34(32,33)28-13-18(15-2-4-16(23)5-3-15)29-19(31)12-22(24)7-10-30(11-8-22)21-17-6-9-25-20(17)26-14-27-21/h2-6,9,14,18,28H,7-8,10-13,24H2,1H3,(H,29,31)(H,25,26,27). The number of amides is 1. The molecule has 0 aliphatic carbocycles. The summed E-state index contributed by atoms with van der Waals surface area (Å²) in [6, 6.07) is 8.32. The van der Waals surface area contributed by atoms with Crippen LogP contribution in [0.4, 0.5) is 5.82 Å². The molecular weight excluding hydrogens is 478 g/mol. The minimum absolute atomic E-state index is 0.0257. The molecule has 1 aliphatic rings. The maximum absolute atomic E-state index is 13.0. The number of sulfonamides is 1. The average Bonchev–Trinajstić information content (AvgIpc) is 3.26. The highest BCUT2D eigenvalue weighted by Gasteiger charge is 2.34. The molecule has 0 bridgehead atoms. The van der Waals surface area contributed by atoms with Crippen molar-refractivity contribution in [3.05, 3.63) is 53.4 Å². The molecule has 1 amide bonds. The summed E-state index contributed by atoms with van der Waals surface area (Å²) in [4.78, 5) is 26.9. The molecule has 1 unspecified atom stereocenters. The molecule has 1 fully saturated rings. The number of nitrogens with zero attached hydrogens (tertiary/aromatic N) is 3. The number of hydrogen-bond donors (Lipinski definition) is 4. The van der Waals surface area contributed by atoms with Crippen LogP contribution in [0.2, 0.25) is 5.02 Å². The summed E-state index contributed by atoms with van der Waals surface area (Å²) in [7, 11) is -3.42. The Morgan fingerprint density at radius 2 is 1.94 bits per heavy atom. The Kier molecular flexibility index (Phi) is 7.08. The van der Waals surface area contributed by atoms with Gasteiger partial charge in [0.15, 0.2) is 0 Å². The first kappa shape index (κ1) is 24.4. The lowest BCUT2D eigenvalue weighted by Crippen LogP contribution is -2.53. The number of benzene rings is 1. The first-order chi connectivity index (χ1) is 16.1. The number of aromatic nitrogens is 3. The van der Waals surface area contributed by atoms with Crippen molar-refractivity contribution in [3.63, 3.8) is 0 Å². The number of H-pyrrole nitrogens is 1. The minimum Gasteiger partial charge on any atom is -0.356 e. The smallest absolute Gasteiger partial charge is 0.222 e. The highest BCUT2D eigenvalue weighted by molar-refractivity contribution is 7.88. The van der Waals surface area contributed by atoms with Gasteiger partial charge in [-0.15, -0.1) is 0 Å². The number of piperidine rings is 1. The maximum atomic E-state index is 13.0. The van der Waals surface area contributed by atoms with E-state index in [2.05, 4.69) is 29.9 Å². The SMILES string of the molecule is CS(=O)(=O)NCC(NC(=O)CC1(N)CCN(c2ncnc3[nH]ccc23)CC1)c1ccc(Cl)cc1. The maximum Gasteiger partial charge on any atom is 0.222 e. The number of aromatic amines is 1. The van der Waals surface area contributed by atoms with Crippen molar-refractivity contribution in [2.24, 2.45) is 5.73 Å². The highest BCUT2D eigenvalue weighted by Crippen LogP contribution is 2.29. The molecule has 0 spiro atoms. The monoisotopic (exact) mass is 505 g/mol. The summed E-state index contributed by atoms with van der Waals surface area (Å²) in [5.41, 5.74) is 7.47. The van der Waals surface area contributed by atoms with Crippen LogP contribution >= 0.6 is 11.6 Å². The number of anilines is 1. The molecule has 3 aromatic rings. The topological polar surface area (TPSA) is 146 Å². The van der Waals surface area contributed by atoms with Gasteiger partial charge in [0.2, 0.25) is 15.9 Å². The molecule has 1 aromatic carbocycles. The lowest BCUT2D eigenvalue weighted by atomic mass is 9.85. The molecule has 5 N–H and O–H groups in total. The quantitative estimate of drug-likeness (QED) is 0.364. The Balaban J connectivity index is 1.39. The van der Waals surface area contributed by atoms with E-state index in [0.717, 1.165) is 28.7 Å². The Bertz CT molecular complexity index is 1250. The molecule has 1 atom stereocenters. The van der Waals surface area contributed by atoms with Crippen LogP contribution in [0.5, 0.6) is 0 Å². The fourth-order valence-corrected chi connectivity index (χ4v) is 4.79. The molecule has 10 nitrogen and oxygen atoms in total. The molecule has 4 rings (SSSR count). The van der Waals surface area contributed by atoms with Gasteiger partial charge in [0, 0.05) is 42.8 Å². The van der Waals surface area contributed by atoms with Gasteiger partial charge < -0.3 is 20.9 Å². The van der Waals surface area contributed by atoms with E-state index >= 15 is 0 Å². The van der Waals surface area contributed by atoms with Gasteiger partial charge in [-0.25, -0.2) is 23.1 Å².